The molecule has 0 aromatic heterocycles. The standard InChI is InChI=1S/C11H24N2O2/c1-5-9(6-7-12)13-10(14)8-11(2,3)15-4/h9H,5-8,12H2,1-4H3,(H,13,14). The Bertz CT molecular complexity index is 193. The van der Waals surface area contributed by atoms with Crippen LogP contribution < -0.4 is 11.1 Å². The molecule has 1 unspecified atom stereocenters. The monoisotopic (exact) mass is 216 g/mol. The molecule has 0 radical (unpaired) electrons. The van der Waals surface area contributed by atoms with E-state index in [0.29, 0.717) is 13.0 Å². The smallest absolute Gasteiger partial charge is 0.223 e. The Kier molecular flexibility index (Phi) is 6.52. The van der Waals surface area contributed by atoms with Crippen LogP contribution in [-0.2, 0) is 9.53 Å². The molecule has 0 bridgehead atoms. The number of hydrogen-bond donors (Lipinski definition) is 2. The first-order valence-electron chi connectivity index (χ1n) is 5.49. The van der Waals surface area contributed by atoms with Crippen molar-refractivity contribution in [3.05, 3.63) is 0 Å². The lowest BCUT2D eigenvalue weighted by molar-refractivity contribution is -0.126. The molecule has 1 atom stereocenters. The number of carbonyl (C=O) groups excluding carboxylic acids is 1. The van der Waals surface area contributed by atoms with E-state index in [9.17, 15) is 4.79 Å². The van der Waals surface area contributed by atoms with Gasteiger partial charge in [0.2, 0.25) is 5.91 Å². The summed E-state index contributed by atoms with van der Waals surface area (Å²) in [6.07, 6.45) is 2.12. The maximum Gasteiger partial charge on any atom is 0.223 e. The van der Waals surface area contributed by atoms with Gasteiger partial charge in [-0.25, -0.2) is 0 Å². The van der Waals surface area contributed by atoms with Gasteiger partial charge in [-0.1, -0.05) is 6.92 Å². The third-order valence-corrected chi connectivity index (χ3v) is 2.51. The third-order valence-electron chi connectivity index (χ3n) is 2.51. The minimum Gasteiger partial charge on any atom is -0.378 e. The van der Waals surface area contributed by atoms with Crippen molar-refractivity contribution in [2.45, 2.75) is 51.7 Å². The lowest BCUT2D eigenvalue weighted by Crippen LogP contribution is -2.40. The van der Waals surface area contributed by atoms with Gasteiger partial charge in [0.1, 0.15) is 0 Å². The summed E-state index contributed by atoms with van der Waals surface area (Å²) in [4.78, 5) is 11.6. The SMILES string of the molecule is CCC(CCN)NC(=O)CC(C)(C)OC. The van der Waals surface area contributed by atoms with Crippen molar-refractivity contribution in [2.75, 3.05) is 13.7 Å². The molecule has 0 saturated carbocycles. The fraction of sp³-hybridized carbons (Fsp3) is 0.909. The van der Waals surface area contributed by atoms with Crippen LogP contribution in [0.2, 0.25) is 0 Å². The van der Waals surface area contributed by atoms with Gasteiger partial charge in [-0.2, -0.15) is 0 Å². The molecule has 0 saturated heterocycles. The maximum atomic E-state index is 11.6. The van der Waals surface area contributed by atoms with E-state index < -0.39 is 5.60 Å². The molecule has 4 nitrogen and oxygen atoms in total. The number of amides is 1. The molecule has 1 amide bonds. The van der Waals surface area contributed by atoms with Crippen molar-refractivity contribution >= 4 is 5.91 Å². The van der Waals surface area contributed by atoms with Gasteiger partial charge >= 0.3 is 0 Å². The molecule has 0 aromatic rings. The van der Waals surface area contributed by atoms with Crippen molar-refractivity contribution in [1.29, 1.82) is 0 Å². The number of nitrogens with one attached hydrogen (secondary N) is 1. The van der Waals surface area contributed by atoms with Crippen LogP contribution in [-0.4, -0.2) is 31.2 Å². The first-order valence-corrected chi connectivity index (χ1v) is 5.49. The van der Waals surface area contributed by atoms with E-state index in [0.717, 1.165) is 12.8 Å². The maximum absolute atomic E-state index is 11.6. The lowest BCUT2D eigenvalue weighted by atomic mass is 10.0. The van der Waals surface area contributed by atoms with E-state index in [2.05, 4.69) is 5.32 Å². The zero-order chi connectivity index (χ0) is 11.9. The van der Waals surface area contributed by atoms with Gasteiger partial charge in [0.25, 0.3) is 0 Å². The Labute approximate surface area is 92.6 Å². The van der Waals surface area contributed by atoms with Crippen molar-refractivity contribution in [3.63, 3.8) is 0 Å². The average molecular weight is 216 g/mol. The normalized spacial score (nSPS) is 13.7. The van der Waals surface area contributed by atoms with Crippen LogP contribution in [0, 0.1) is 0 Å². The van der Waals surface area contributed by atoms with Crippen LogP contribution in [0.25, 0.3) is 0 Å². The largest absolute Gasteiger partial charge is 0.378 e. The van der Waals surface area contributed by atoms with Crippen LogP contribution in [0.5, 0.6) is 0 Å². The number of methoxy groups -OCH3 is 1. The van der Waals surface area contributed by atoms with Crippen LogP contribution in [0.3, 0.4) is 0 Å². The summed E-state index contributed by atoms with van der Waals surface area (Å²) in [5.74, 6) is 0.0298. The number of nitrogens with two attached hydrogens (primary N) is 1. The summed E-state index contributed by atoms with van der Waals surface area (Å²) in [7, 11) is 1.62. The summed E-state index contributed by atoms with van der Waals surface area (Å²) < 4.78 is 5.20. The van der Waals surface area contributed by atoms with E-state index in [1.165, 1.54) is 0 Å². The minimum atomic E-state index is -0.398. The Balaban J connectivity index is 4.01. The second-order valence-electron chi connectivity index (χ2n) is 4.39. The Morgan fingerprint density at radius 1 is 1.53 bits per heavy atom. The molecule has 15 heavy (non-hydrogen) atoms. The fourth-order valence-corrected chi connectivity index (χ4v) is 1.32. The van der Waals surface area contributed by atoms with Crippen LogP contribution in [0.15, 0.2) is 0 Å². The summed E-state index contributed by atoms with van der Waals surface area (Å²) >= 11 is 0. The second-order valence-corrected chi connectivity index (χ2v) is 4.39. The number of ether oxygens (including phenoxy) is 1. The molecule has 4 heteroatoms. The molecule has 3 N–H and O–H groups in total. The quantitative estimate of drug-likeness (QED) is 0.668. The van der Waals surface area contributed by atoms with Gasteiger partial charge in [-0.05, 0) is 33.2 Å². The van der Waals surface area contributed by atoms with E-state index in [1.54, 1.807) is 7.11 Å². The van der Waals surface area contributed by atoms with Crippen molar-refractivity contribution in [2.24, 2.45) is 5.73 Å². The molecule has 0 spiro atoms. The Hall–Kier alpha value is -0.610. The van der Waals surface area contributed by atoms with Gasteiger partial charge in [-0.15, -0.1) is 0 Å². The number of carbonyl (C=O) groups is 1. The van der Waals surface area contributed by atoms with Gasteiger partial charge in [0, 0.05) is 13.2 Å². The number of hydrogen-bond acceptors (Lipinski definition) is 3. The predicted octanol–water partition coefficient (Wildman–Crippen LogP) is 1.05. The highest BCUT2D eigenvalue weighted by molar-refractivity contribution is 5.77. The second kappa shape index (κ2) is 6.80. The summed E-state index contributed by atoms with van der Waals surface area (Å²) in [5, 5.41) is 2.96. The molecule has 0 aliphatic heterocycles. The third kappa shape index (κ3) is 6.47. The van der Waals surface area contributed by atoms with Gasteiger partial charge in [0.15, 0.2) is 0 Å². The van der Waals surface area contributed by atoms with E-state index >= 15 is 0 Å². The molecule has 0 fully saturated rings. The Morgan fingerprint density at radius 3 is 2.53 bits per heavy atom. The van der Waals surface area contributed by atoms with Crippen molar-refractivity contribution in [3.8, 4) is 0 Å². The molecular weight excluding hydrogens is 192 g/mol. The first kappa shape index (κ1) is 14.4. The van der Waals surface area contributed by atoms with Crippen molar-refractivity contribution in [1.82, 2.24) is 5.32 Å². The lowest BCUT2D eigenvalue weighted by Gasteiger charge is -2.24. The van der Waals surface area contributed by atoms with E-state index in [-0.39, 0.29) is 11.9 Å². The first-order chi connectivity index (χ1) is 6.95. The topological polar surface area (TPSA) is 64.3 Å². The molecule has 0 rings (SSSR count). The predicted molar refractivity (Wildman–Crippen MR) is 61.6 cm³/mol. The summed E-state index contributed by atoms with van der Waals surface area (Å²) in [5.41, 5.74) is 5.06. The number of rotatable bonds is 7. The Morgan fingerprint density at radius 2 is 2.13 bits per heavy atom. The molecule has 0 aliphatic carbocycles. The van der Waals surface area contributed by atoms with Crippen molar-refractivity contribution < 1.29 is 9.53 Å². The molecule has 0 aliphatic rings. The minimum absolute atomic E-state index is 0.0298. The van der Waals surface area contributed by atoms with E-state index in [1.807, 2.05) is 20.8 Å². The summed E-state index contributed by atoms with van der Waals surface area (Å²) in [6, 6.07) is 0.190. The zero-order valence-electron chi connectivity index (χ0n) is 10.3. The zero-order valence-corrected chi connectivity index (χ0v) is 10.3. The highest BCUT2D eigenvalue weighted by atomic mass is 16.5. The van der Waals surface area contributed by atoms with Crippen LogP contribution in [0.4, 0.5) is 0 Å². The highest BCUT2D eigenvalue weighted by Gasteiger charge is 2.22. The van der Waals surface area contributed by atoms with E-state index in [4.69, 9.17) is 10.5 Å². The highest BCUT2D eigenvalue weighted by Crippen LogP contribution is 2.12. The molecular formula is C11H24N2O2. The fourth-order valence-electron chi connectivity index (χ4n) is 1.32. The summed E-state index contributed by atoms with van der Waals surface area (Å²) in [6.45, 7) is 6.45. The average Bonchev–Trinajstić information content (AvgIpc) is 2.16. The van der Waals surface area contributed by atoms with Gasteiger partial charge < -0.3 is 15.8 Å². The molecule has 0 aromatic carbocycles. The van der Waals surface area contributed by atoms with Gasteiger partial charge in [-0.3, -0.25) is 4.79 Å². The molecule has 0 heterocycles. The molecule has 90 valence electrons. The van der Waals surface area contributed by atoms with Gasteiger partial charge in [0.05, 0.1) is 12.0 Å². The van der Waals surface area contributed by atoms with Crippen LogP contribution in [0.1, 0.15) is 40.0 Å². The van der Waals surface area contributed by atoms with Crippen LogP contribution >= 0.6 is 0 Å².